The zero-order valence-electron chi connectivity index (χ0n) is 12.4. The average molecular weight is 302 g/mol. The van der Waals surface area contributed by atoms with Crippen LogP contribution in [0, 0.1) is 5.82 Å². The van der Waals surface area contributed by atoms with Crippen LogP contribution in [-0.4, -0.2) is 29.5 Å². The molecule has 2 aromatic rings. The molecule has 1 atom stereocenters. The number of nitrogens with two attached hydrogens (primary N) is 1. The average Bonchev–Trinajstić information content (AvgIpc) is 2.48. The minimum Gasteiger partial charge on any atom is -0.387 e. The van der Waals surface area contributed by atoms with Crippen molar-refractivity contribution in [1.29, 1.82) is 0 Å². The van der Waals surface area contributed by atoms with E-state index >= 15 is 0 Å². The van der Waals surface area contributed by atoms with Crippen molar-refractivity contribution >= 4 is 5.91 Å². The zero-order chi connectivity index (χ0) is 16.1. The van der Waals surface area contributed by atoms with Crippen LogP contribution in [0.4, 0.5) is 4.39 Å². The van der Waals surface area contributed by atoms with Crippen molar-refractivity contribution in [3.8, 4) is 0 Å². The van der Waals surface area contributed by atoms with Gasteiger partial charge in [0.1, 0.15) is 5.82 Å². The lowest BCUT2D eigenvalue weighted by Gasteiger charge is -2.21. The molecular weight excluding hydrogens is 283 g/mol. The smallest absolute Gasteiger partial charge is 0.248 e. The molecule has 0 spiro atoms. The number of nitrogens with zero attached hydrogens (tertiary/aromatic N) is 1. The number of hydrogen-bond donors (Lipinski definition) is 2. The van der Waals surface area contributed by atoms with Gasteiger partial charge in [0.2, 0.25) is 5.91 Å². The van der Waals surface area contributed by atoms with Crippen molar-refractivity contribution < 1.29 is 14.3 Å². The number of hydrogen-bond acceptors (Lipinski definition) is 3. The number of primary amides is 1. The number of likely N-dealkylation sites (N-methyl/N-ethyl adjacent to an activating group) is 1. The second-order valence-electron chi connectivity index (χ2n) is 5.33. The van der Waals surface area contributed by atoms with Gasteiger partial charge in [0, 0.05) is 18.7 Å². The molecule has 2 rings (SSSR count). The van der Waals surface area contributed by atoms with Crippen LogP contribution in [0.25, 0.3) is 0 Å². The monoisotopic (exact) mass is 302 g/mol. The third kappa shape index (κ3) is 4.38. The van der Waals surface area contributed by atoms with Gasteiger partial charge < -0.3 is 10.8 Å². The highest BCUT2D eigenvalue weighted by Gasteiger charge is 2.11. The lowest BCUT2D eigenvalue weighted by Crippen LogP contribution is -2.24. The van der Waals surface area contributed by atoms with E-state index in [-0.39, 0.29) is 5.82 Å². The lowest BCUT2D eigenvalue weighted by molar-refractivity contribution is 0.100. The molecule has 1 amide bonds. The maximum absolute atomic E-state index is 12.9. The molecule has 0 aliphatic heterocycles. The Morgan fingerprint density at radius 1 is 1.18 bits per heavy atom. The largest absolute Gasteiger partial charge is 0.387 e. The summed E-state index contributed by atoms with van der Waals surface area (Å²) in [6, 6.07) is 12.9. The van der Waals surface area contributed by atoms with E-state index in [1.165, 1.54) is 12.1 Å². The van der Waals surface area contributed by atoms with Gasteiger partial charge in [0.15, 0.2) is 0 Å². The predicted molar refractivity (Wildman–Crippen MR) is 82.7 cm³/mol. The standard InChI is InChI=1S/C17H19FN2O2/c1-20(10-12-2-4-14(5-3-12)17(19)22)11-16(21)13-6-8-15(18)9-7-13/h2-9,16,21H,10-11H2,1H3,(H2,19,22)/t16-/m1/s1. The second kappa shape index (κ2) is 7.15. The summed E-state index contributed by atoms with van der Waals surface area (Å²) in [6.07, 6.45) is -0.685. The fraction of sp³-hybridized carbons (Fsp3) is 0.235. The fourth-order valence-electron chi connectivity index (χ4n) is 2.24. The summed E-state index contributed by atoms with van der Waals surface area (Å²) >= 11 is 0. The Morgan fingerprint density at radius 3 is 2.32 bits per heavy atom. The Balaban J connectivity index is 1.93. The van der Waals surface area contributed by atoms with E-state index in [1.54, 1.807) is 24.3 Å². The van der Waals surface area contributed by atoms with Gasteiger partial charge in [-0.3, -0.25) is 9.69 Å². The molecule has 0 fully saturated rings. The molecule has 0 unspecified atom stereocenters. The molecule has 3 N–H and O–H groups in total. The second-order valence-corrected chi connectivity index (χ2v) is 5.33. The first kappa shape index (κ1) is 16.1. The molecule has 116 valence electrons. The van der Waals surface area contributed by atoms with Gasteiger partial charge in [-0.15, -0.1) is 0 Å². The van der Waals surface area contributed by atoms with Gasteiger partial charge in [0.25, 0.3) is 0 Å². The molecule has 0 saturated carbocycles. The summed E-state index contributed by atoms with van der Waals surface area (Å²) in [5.74, 6) is -0.773. The quantitative estimate of drug-likeness (QED) is 0.858. The number of rotatable bonds is 6. The maximum atomic E-state index is 12.9. The van der Waals surface area contributed by atoms with Crippen molar-refractivity contribution in [2.45, 2.75) is 12.6 Å². The van der Waals surface area contributed by atoms with E-state index < -0.39 is 12.0 Å². The Labute approximate surface area is 129 Å². The van der Waals surface area contributed by atoms with E-state index in [0.29, 0.717) is 24.2 Å². The van der Waals surface area contributed by atoms with Gasteiger partial charge in [-0.2, -0.15) is 0 Å². The van der Waals surface area contributed by atoms with Crippen LogP contribution in [-0.2, 0) is 6.54 Å². The number of carbonyl (C=O) groups is 1. The first-order chi connectivity index (χ1) is 10.5. The Bertz CT molecular complexity index is 626. The van der Waals surface area contributed by atoms with Crippen molar-refractivity contribution in [3.63, 3.8) is 0 Å². The third-order valence-electron chi connectivity index (χ3n) is 3.43. The van der Waals surface area contributed by atoms with Crippen LogP contribution in [0.3, 0.4) is 0 Å². The molecule has 4 nitrogen and oxygen atoms in total. The zero-order valence-corrected chi connectivity index (χ0v) is 12.4. The molecule has 22 heavy (non-hydrogen) atoms. The maximum Gasteiger partial charge on any atom is 0.248 e. The van der Waals surface area contributed by atoms with Crippen molar-refractivity contribution in [1.82, 2.24) is 4.90 Å². The van der Waals surface area contributed by atoms with E-state index in [4.69, 9.17) is 5.73 Å². The van der Waals surface area contributed by atoms with Crippen LogP contribution < -0.4 is 5.73 Å². The van der Waals surface area contributed by atoms with Crippen molar-refractivity contribution in [2.75, 3.05) is 13.6 Å². The summed E-state index contributed by atoms with van der Waals surface area (Å²) in [7, 11) is 1.88. The molecule has 0 aliphatic carbocycles. The summed E-state index contributed by atoms with van der Waals surface area (Å²) in [6.45, 7) is 1.04. The fourth-order valence-corrected chi connectivity index (χ4v) is 2.24. The highest BCUT2D eigenvalue weighted by atomic mass is 19.1. The molecular formula is C17H19FN2O2. The number of benzene rings is 2. The van der Waals surface area contributed by atoms with Crippen molar-refractivity contribution in [3.05, 3.63) is 71.0 Å². The molecule has 0 saturated heterocycles. The summed E-state index contributed by atoms with van der Waals surface area (Å²) < 4.78 is 12.9. The Morgan fingerprint density at radius 2 is 1.77 bits per heavy atom. The van der Waals surface area contributed by atoms with E-state index in [9.17, 15) is 14.3 Å². The molecule has 2 aromatic carbocycles. The van der Waals surface area contributed by atoms with Crippen LogP contribution >= 0.6 is 0 Å². The lowest BCUT2D eigenvalue weighted by atomic mass is 10.1. The van der Waals surface area contributed by atoms with Crippen LogP contribution in [0.15, 0.2) is 48.5 Å². The van der Waals surface area contributed by atoms with E-state index in [0.717, 1.165) is 5.56 Å². The highest BCUT2D eigenvalue weighted by Crippen LogP contribution is 2.15. The Hall–Kier alpha value is -2.24. The molecule has 0 radical (unpaired) electrons. The van der Waals surface area contributed by atoms with Crippen LogP contribution in [0.1, 0.15) is 27.6 Å². The summed E-state index contributed by atoms with van der Waals surface area (Å²) in [5, 5.41) is 10.2. The molecule has 0 aliphatic rings. The molecule has 0 bridgehead atoms. The number of amides is 1. The van der Waals surface area contributed by atoms with Gasteiger partial charge in [-0.1, -0.05) is 24.3 Å². The minimum absolute atomic E-state index is 0.321. The number of halogens is 1. The normalized spacial score (nSPS) is 12.4. The van der Waals surface area contributed by atoms with Crippen LogP contribution in [0.5, 0.6) is 0 Å². The topological polar surface area (TPSA) is 66.6 Å². The van der Waals surface area contributed by atoms with Gasteiger partial charge in [-0.05, 0) is 42.4 Å². The minimum atomic E-state index is -0.685. The molecule has 5 heteroatoms. The predicted octanol–water partition coefficient (Wildman–Crippen LogP) is 2.09. The molecule has 0 heterocycles. The number of carbonyl (C=O) groups excluding carboxylic acids is 1. The highest BCUT2D eigenvalue weighted by molar-refractivity contribution is 5.92. The van der Waals surface area contributed by atoms with Crippen molar-refractivity contribution in [2.24, 2.45) is 5.73 Å². The van der Waals surface area contributed by atoms with E-state index in [1.807, 2.05) is 24.1 Å². The van der Waals surface area contributed by atoms with Gasteiger partial charge in [-0.25, -0.2) is 4.39 Å². The summed E-state index contributed by atoms with van der Waals surface area (Å²) in [5.41, 5.74) is 7.36. The van der Waals surface area contributed by atoms with Gasteiger partial charge >= 0.3 is 0 Å². The Kier molecular flexibility index (Phi) is 5.25. The number of aliphatic hydroxyl groups excluding tert-OH is 1. The van der Waals surface area contributed by atoms with E-state index in [2.05, 4.69) is 0 Å². The summed E-state index contributed by atoms with van der Waals surface area (Å²) in [4.78, 5) is 13.0. The SMILES string of the molecule is CN(Cc1ccc(C(N)=O)cc1)C[C@@H](O)c1ccc(F)cc1. The number of aliphatic hydroxyl groups is 1. The van der Waals surface area contributed by atoms with Crippen LogP contribution in [0.2, 0.25) is 0 Å². The van der Waals surface area contributed by atoms with Gasteiger partial charge in [0.05, 0.1) is 6.10 Å². The first-order valence-corrected chi connectivity index (χ1v) is 6.96. The third-order valence-corrected chi connectivity index (χ3v) is 3.43. The first-order valence-electron chi connectivity index (χ1n) is 6.96. The molecule has 0 aromatic heterocycles.